The van der Waals surface area contributed by atoms with Crippen LogP contribution in [-0.2, 0) is 6.54 Å². The number of aryl methyl sites for hydroxylation is 3. The van der Waals surface area contributed by atoms with Gasteiger partial charge in [0.25, 0.3) is 5.91 Å². The molecule has 0 unspecified atom stereocenters. The molecular formula is C14H19N3O2. The summed E-state index contributed by atoms with van der Waals surface area (Å²) in [6, 6.07) is 3.74. The molecule has 0 fully saturated rings. The van der Waals surface area contributed by atoms with Crippen LogP contribution >= 0.6 is 0 Å². The number of furan rings is 1. The fourth-order valence-corrected chi connectivity index (χ4v) is 2.07. The fourth-order valence-electron chi connectivity index (χ4n) is 2.07. The molecule has 0 N–H and O–H groups in total. The standard InChI is InChI=1S/C14H19N3O2/c1-11-9-12(2)17(15-11)7-4-6-16(3)14(18)13-5-8-19-10-13/h5,8-10H,4,6-7H2,1-3H3. The topological polar surface area (TPSA) is 51.3 Å². The van der Waals surface area contributed by atoms with Gasteiger partial charge in [-0.3, -0.25) is 9.48 Å². The Morgan fingerprint density at radius 1 is 1.47 bits per heavy atom. The second kappa shape index (κ2) is 5.73. The van der Waals surface area contributed by atoms with Gasteiger partial charge in [-0.1, -0.05) is 0 Å². The van der Waals surface area contributed by atoms with Crippen LogP contribution in [0.15, 0.2) is 29.1 Å². The SMILES string of the molecule is Cc1cc(C)n(CCCN(C)C(=O)c2ccoc2)n1. The summed E-state index contributed by atoms with van der Waals surface area (Å²) in [5.41, 5.74) is 2.77. The van der Waals surface area contributed by atoms with Gasteiger partial charge in [-0.05, 0) is 32.4 Å². The van der Waals surface area contributed by atoms with Crippen LogP contribution in [0.4, 0.5) is 0 Å². The maximum Gasteiger partial charge on any atom is 0.256 e. The summed E-state index contributed by atoms with van der Waals surface area (Å²) >= 11 is 0. The molecule has 0 aliphatic heterocycles. The maximum atomic E-state index is 12.0. The smallest absolute Gasteiger partial charge is 0.256 e. The first-order chi connectivity index (χ1) is 9.08. The summed E-state index contributed by atoms with van der Waals surface area (Å²) in [4.78, 5) is 13.7. The van der Waals surface area contributed by atoms with E-state index in [4.69, 9.17) is 4.42 Å². The van der Waals surface area contributed by atoms with Crippen molar-refractivity contribution in [3.05, 3.63) is 41.6 Å². The van der Waals surface area contributed by atoms with E-state index in [2.05, 4.69) is 11.2 Å². The second-order valence-corrected chi connectivity index (χ2v) is 4.74. The van der Waals surface area contributed by atoms with Crippen molar-refractivity contribution in [3.63, 3.8) is 0 Å². The molecule has 0 radical (unpaired) electrons. The molecule has 0 aliphatic rings. The molecule has 2 aromatic heterocycles. The molecular weight excluding hydrogens is 242 g/mol. The van der Waals surface area contributed by atoms with Crippen LogP contribution in [0.5, 0.6) is 0 Å². The highest BCUT2D eigenvalue weighted by Crippen LogP contribution is 2.06. The minimum atomic E-state index is -0.0119. The van der Waals surface area contributed by atoms with E-state index in [1.807, 2.05) is 18.5 Å². The molecule has 0 bridgehead atoms. The van der Waals surface area contributed by atoms with E-state index in [9.17, 15) is 4.79 Å². The quantitative estimate of drug-likeness (QED) is 0.829. The Labute approximate surface area is 112 Å². The monoisotopic (exact) mass is 261 g/mol. The van der Waals surface area contributed by atoms with Crippen LogP contribution in [0, 0.1) is 13.8 Å². The van der Waals surface area contributed by atoms with Crippen LogP contribution < -0.4 is 0 Å². The molecule has 0 saturated heterocycles. The lowest BCUT2D eigenvalue weighted by Gasteiger charge is -2.16. The van der Waals surface area contributed by atoms with Crippen LogP contribution in [0.25, 0.3) is 0 Å². The van der Waals surface area contributed by atoms with Gasteiger partial charge < -0.3 is 9.32 Å². The Bertz CT molecular complexity index is 543. The van der Waals surface area contributed by atoms with Crippen molar-refractivity contribution in [2.75, 3.05) is 13.6 Å². The summed E-state index contributed by atoms with van der Waals surface area (Å²) in [5.74, 6) is -0.0119. The highest BCUT2D eigenvalue weighted by Gasteiger charge is 2.12. The zero-order chi connectivity index (χ0) is 13.8. The fraction of sp³-hybridized carbons (Fsp3) is 0.429. The number of aromatic nitrogens is 2. The molecule has 0 saturated carbocycles. The summed E-state index contributed by atoms with van der Waals surface area (Å²) in [5, 5.41) is 4.40. The first-order valence-electron chi connectivity index (χ1n) is 6.36. The van der Waals surface area contributed by atoms with E-state index >= 15 is 0 Å². The molecule has 5 heteroatoms. The molecule has 0 aliphatic carbocycles. The van der Waals surface area contributed by atoms with Gasteiger partial charge in [0.05, 0.1) is 17.5 Å². The zero-order valence-corrected chi connectivity index (χ0v) is 11.6. The number of carbonyl (C=O) groups excluding carboxylic acids is 1. The van der Waals surface area contributed by atoms with Crippen molar-refractivity contribution in [1.29, 1.82) is 0 Å². The Kier molecular flexibility index (Phi) is 4.04. The van der Waals surface area contributed by atoms with E-state index < -0.39 is 0 Å². The number of carbonyl (C=O) groups is 1. The lowest BCUT2D eigenvalue weighted by atomic mass is 10.3. The average Bonchev–Trinajstić information content (AvgIpc) is 2.98. The predicted molar refractivity (Wildman–Crippen MR) is 72.0 cm³/mol. The average molecular weight is 261 g/mol. The predicted octanol–water partition coefficient (Wildman–Crippen LogP) is 2.26. The third-order valence-electron chi connectivity index (χ3n) is 3.08. The Morgan fingerprint density at radius 2 is 2.26 bits per heavy atom. The maximum absolute atomic E-state index is 12.0. The molecule has 0 spiro atoms. The van der Waals surface area contributed by atoms with Crippen LogP contribution in [0.2, 0.25) is 0 Å². The number of rotatable bonds is 5. The highest BCUT2D eigenvalue weighted by molar-refractivity contribution is 5.93. The summed E-state index contributed by atoms with van der Waals surface area (Å²) in [6.45, 7) is 5.55. The Balaban J connectivity index is 1.82. The minimum absolute atomic E-state index is 0.0119. The first kappa shape index (κ1) is 13.4. The Morgan fingerprint density at radius 3 is 2.84 bits per heavy atom. The Hall–Kier alpha value is -2.04. The van der Waals surface area contributed by atoms with E-state index in [1.165, 1.54) is 12.5 Å². The van der Waals surface area contributed by atoms with Gasteiger partial charge >= 0.3 is 0 Å². The summed E-state index contributed by atoms with van der Waals surface area (Å²) < 4.78 is 6.89. The van der Waals surface area contributed by atoms with Crippen molar-refractivity contribution in [1.82, 2.24) is 14.7 Å². The van der Waals surface area contributed by atoms with Crippen molar-refractivity contribution in [2.45, 2.75) is 26.8 Å². The number of hydrogen-bond acceptors (Lipinski definition) is 3. The normalized spacial score (nSPS) is 10.7. The van der Waals surface area contributed by atoms with Crippen molar-refractivity contribution in [3.8, 4) is 0 Å². The van der Waals surface area contributed by atoms with E-state index in [1.54, 1.807) is 18.0 Å². The lowest BCUT2D eigenvalue weighted by Crippen LogP contribution is -2.28. The molecule has 0 aromatic carbocycles. The van der Waals surface area contributed by atoms with E-state index in [-0.39, 0.29) is 5.91 Å². The van der Waals surface area contributed by atoms with Crippen LogP contribution in [-0.4, -0.2) is 34.2 Å². The third-order valence-corrected chi connectivity index (χ3v) is 3.08. The highest BCUT2D eigenvalue weighted by atomic mass is 16.3. The molecule has 0 atom stereocenters. The number of hydrogen-bond donors (Lipinski definition) is 0. The molecule has 2 aromatic rings. The van der Waals surface area contributed by atoms with Gasteiger partial charge in [-0.15, -0.1) is 0 Å². The zero-order valence-electron chi connectivity index (χ0n) is 11.6. The summed E-state index contributed by atoms with van der Waals surface area (Å²) in [6.07, 6.45) is 3.86. The van der Waals surface area contributed by atoms with Gasteiger partial charge in [0, 0.05) is 25.8 Å². The second-order valence-electron chi connectivity index (χ2n) is 4.74. The summed E-state index contributed by atoms with van der Waals surface area (Å²) in [7, 11) is 1.80. The van der Waals surface area contributed by atoms with Crippen molar-refractivity contribution in [2.24, 2.45) is 0 Å². The van der Waals surface area contributed by atoms with E-state index in [0.717, 1.165) is 24.4 Å². The lowest BCUT2D eigenvalue weighted by molar-refractivity contribution is 0.0790. The van der Waals surface area contributed by atoms with Crippen molar-refractivity contribution < 1.29 is 9.21 Å². The van der Waals surface area contributed by atoms with Gasteiger partial charge in [0.2, 0.25) is 0 Å². The molecule has 2 rings (SSSR count). The largest absolute Gasteiger partial charge is 0.472 e. The number of amides is 1. The molecule has 5 nitrogen and oxygen atoms in total. The molecule has 19 heavy (non-hydrogen) atoms. The van der Waals surface area contributed by atoms with Gasteiger partial charge in [-0.25, -0.2) is 0 Å². The van der Waals surface area contributed by atoms with Crippen LogP contribution in [0.1, 0.15) is 28.2 Å². The minimum Gasteiger partial charge on any atom is -0.472 e. The molecule has 1 amide bonds. The van der Waals surface area contributed by atoms with E-state index in [0.29, 0.717) is 12.1 Å². The van der Waals surface area contributed by atoms with Gasteiger partial charge in [0.1, 0.15) is 6.26 Å². The number of nitrogens with zero attached hydrogens (tertiary/aromatic N) is 3. The van der Waals surface area contributed by atoms with Crippen molar-refractivity contribution >= 4 is 5.91 Å². The first-order valence-corrected chi connectivity index (χ1v) is 6.36. The third kappa shape index (κ3) is 3.24. The van der Waals surface area contributed by atoms with Gasteiger partial charge in [0.15, 0.2) is 0 Å². The molecule has 102 valence electrons. The van der Waals surface area contributed by atoms with Gasteiger partial charge in [-0.2, -0.15) is 5.10 Å². The molecule has 2 heterocycles. The van der Waals surface area contributed by atoms with Crippen LogP contribution in [0.3, 0.4) is 0 Å².